The SMILES string of the molecule is CN(C)C/C=C/C(=O)NC1CN(c2ccnc(NC(=O)Nc3ccc(-c4cc5c(N6CCOCC6)ncnc5[nH]4)cc3)c2)C1. The predicted molar refractivity (Wildman–Crippen MR) is 171 cm³/mol. The highest BCUT2D eigenvalue weighted by Gasteiger charge is 2.28. The zero-order valence-electron chi connectivity index (χ0n) is 24.8. The summed E-state index contributed by atoms with van der Waals surface area (Å²) in [4.78, 5) is 47.8. The minimum atomic E-state index is -0.392. The van der Waals surface area contributed by atoms with Crippen LogP contribution in [0, 0.1) is 0 Å². The maximum Gasteiger partial charge on any atom is 0.324 e. The first kappa shape index (κ1) is 29.1. The summed E-state index contributed by atoms with van der Waals surface area (Å²) in [5.74, 6) is 1.25. The van der Waals surface area contributed by atoms with Crippen LogP contribution in [-0.4, -0.2) is 103 Å². The Kier molecular flexibility index (Phi) is 8.66. The van der Waals surface area contributed by atoms with Gasteiger partial charge in [0.1, 0.15) is 23.6 Å². The van der Waals surface area contributed by atoms with Gasteiger partial charge < -0.3 is 35.1 Å². The van der Waals surface area contributed by atoms with E-state index in [9.17, 15) is 9.59 Å². The molecule has 2 fully saturated rings. The first-order chi connectivity index (χ1) is 21.4. The third-order valence-corrected chi connectivity index (χ3v) is 7.49. The minimum absolute atomic E-state index is 0.0754. The Morgan fingerprint density at radius 3 is 2.59 bits per heavy atom. The number of carbonyl (C=O) groups is 2. The Bertz CT molecular complexity index is 1640. The summed E-state index contributed by atoms with van der Waals surface area (Å²) in [6, 6.07) is 13.0. The second-order valence-electron chi connectivity index (χ2n) is 11.1. The molecule has 4 aromatic rings. The normalized spacial score (nSPS) is 15.5. The molecule has 0 saturated carbocycles. The molecule has 228 valence electrons. The van der Waals surface area contributed by atoms with Crippen molar-refractivity contribution in [1.29, 1.82) is 0 Å². The molecule has 44 heavy (non-hydrogen) atoms. The fourth-order valence-electron chi connectivity index (χ4n) is 5.21. The smallest absolute Gasteiger partial charge is 0.324 e. The fourth-order valence-corrected chi connectivity index (χ4v) is 5.21. The summed E-state index contributed by atoms with van der Waals surface area (Å²) in [6.45, 7) is 5.04. The van der Waals surface area contributed by atoms with Crippen LogP contribution < -0.4 is 25.8 Å². The first-order valence-electron chi connectivity index (χ1n) is 14.6. The molecule has 5 heterocycles. The van der Waals surface area contributed by atoms with E-state index in [-0.39, 0.29) is 11.9 Å². The minimum Gasteiger partial charge on any atom is -0.378 e. The van der Waals surface area contributed by atoms with Crippen molar-refractivity contribution in [2.75, 3.05) is 80.5 Å². The number of hydrogen-bond acceptors (Lipinski definition) is 9. The van der Waals surface area contributed by atoms with Gasteiger partial charge in [-0.15, -0.1) is 0 Å². The van der Waals surface area contributed by atoms with E-state index in [0.29, 0.717) is 44.4 Å². The number of anilines is 4. The molecule has 6 rings (SSSR count). The number of fused-ring (bicyclic) bond motifs is 1. The van der Waals surface area contributed by atoms with Gasteiger partial charge in [-0.05, 0) is 43.9 Å². The van der Waals surface area contributed by atoms with E-state index >= 15 is 0 Å². The summed E-state index contributed by atoms with van der Waals surface area (Å²) in [5, 5.41) is 9.64. The van der Waals surface area contributed by atoms with Crippen LogP contribution in [0.5, 0.6) is 0 Å². The van der Waals surface area contributed by atoms with E-state index < -0.39 is 6.03 Å². The molecular formula is C31H36N10O3. The second-order valence-corrected chi connectivity index (χ2v) is 11.1. The molecule has 2 aliphatic heterocycles. The Hall–Kier alpha value is -5.01. The molecule has 0 bridgehead atoms. The van der Waals surface area contributed by atoms with Crippen molar-refractivity contribution in [2.45, 2.75) is 6.04 Å². The van der Waals surface area contributed by atoms with Gasteiger partial charge in [0, 0.05) is 68.1 Å². The summed E-state index contributed by atoms with van der Waals surface area (Å²) in [6.07, 6.45) is 6.65. The average Bonchev–Trinajstić information content (AvgIpc) is 3.44. The number of aromatic amines is 1. The third kappa shape index (κ3) is 6.96. The molecule has 2 saturated heterocycles. The van der Waals surface area contributed by atoms with Gasteiger partial charge in [-0.3, -0.25) is 10.1 Å². The molecule has 4 N–H and O–H groups in total. The molecule has 0 aliphatic carbocycles. The van der Waals surface area contributed by atoms with Crippen molar-refractivity contribution in [3.63, 3.8) is 0 Å². The number of H-pyrrole nitrogens is 1. The van der Waals surface area contributed by atoms with Gasteiger partial charge in [-0.25, -0.2) is 19.7 Å². The van der Waals surface area contributed by atoms with Gasteiger partial charge in [0.2, 0.25) is 5.91 Å². The molecule has 13 nitrogen and oxygen atoms in total. The molecule has 0 atom stereocenters. The molecular weight excluding hydrogens is 560 g/mol. The standard InChI is InChI=1S/C31H36N10O3/c1-39(2)11-3-4-28(42)35-23-18-41(19-23)24-9-10-32-27(16-24)38-31(43)36-22-7-5-21(6-8-22)26-17-25-29(37-26)33-20-34-30(25)40-12-14-44-15-13-40/h3-10,16-17,20,23H,11-15,18-19H2,1-2H3,(H,35,42)(H,33,34,37)(H2,32,36,38,43)/b4-3+. The maximum absolute atomic E-state index is 12.7. The number of amides is 3. The van der Waals surface area contributed by atoms with Crippen molar-refractivity contribution in [1.82, 2.24) is 30.2 Å². The van der Waals surface area contributed by atoms with Gasteiger partial charge in [0.15, 0.2) is 0 Å². The van der Waals surface area contributed by atoms with Crippen molar-refractivity contribution in [2.24, 2.45) is 0 Å². The van der Waals surface area contributed by atoms with E-state index in [1.807, 2.05) is 61.5 Å². The van der Waals surface area contributed by atoms with Crippen LogP contribution >= 0.6 is 0 Å². The molecule has 13 heteroatoms. The highest BCUT2D eigenvalue weighted by molar-refractivity contribution is 5.99. The van der Waals surface area contributed by atoms with Crippen LogP contribution in [-0.2, 0) is 9.53 Å². The van der Waals surface area contributed by atoms with E-state index in [0.717, 1.165) is 46.9 Å². The number of likely N-dealkylation sites (N-methyl/N-ethyl adjacent to an activating group) is 1. The number of pyridine rings is 1. The van der Waals surface area contributed by atoms with Crippen LogP contribution in [0.4, 0.5) is 27.8 Å². The summed E-state index contributed by atoms with van der Waals surface area (Å²) in [5.41, 5.74) is 4.23. The van der Waals surface area contributed by atoms with Gasteiger partial charge in [0.25, 0.3) is 0 Å². The lowest BCUT2D eigenvalue weighted by atomic mass is 10.1. The van der Waals surface area contributed by atoms with Gasteiger partial charge in [-0.2, -0.15) is 0 Å². The van der Waals surface area contributed by atoms with Crippen LogP contribution in [0.1, 0.15) is 0 Å². The number of nitrogens with zero attached hydrogens (tertiary/aromatic N) is 6. The summed E-state index contributed by atoms with van der Waals surface area (Å²) >= 11 is 0. The van der Waals surface area contributed by atoms with E-state index in [2.05, 4.69) is 51.8 Å². The zero-order valence-corrected chi connectivity index (χ0v) is 24.8. The third-order valence-electron chi connectivity index (χ3n) is 7.49. The van der Waals surface area contributed by atoms with Crippen LogP contribution in [0.3, 0.4) is 0 Å². The number of aromatic nitrogens is 4. The molecule has 0 radical (unpaired) electrons. The van der Waals surface area contributed by atoms with Crippen molar-refractivity contribution >= 4 is 46.0 Å². The number of carbonyl (C=O) groups excluding carboxylic acids is 2. The molecule has 3 amide bonds. The second kappa shape index (κ2) is 13.1. The Labute approximate surface area is 255 Å². The van der Waals surface area contributed by atoms with Crippen molar-refractivity contribution in [3.8, 4) is 11.3 Å². The Morgan fingerprint density at radius 2 is 1.82 bits per heavy atom. The number of rotatable bonds is 9. The molecule has 1 aromatic carbocycles. The van der Waals surface area contributed by atoms with Gasteiger partial charge >= 0.3 is 6.03 Å². The number of hydrogen-bond donors (Lipinski definition) is 4. The van der Waals surface area contributed by atoms with E-state index in [1.54, 1.807) is 18.6 Å². The summed E-state index contributed by atoms with van der Waals surface area (Å²) in [7, 11) is 3.91. The molecule has 3 aromatic heterocycles. The lowest BCUT2D eigenvalue weighted by molar-refractivity contribution is -0.117. The predicted octanol–water partition coefficient (Wildman–Crippen LogP) is 2.92. The van der Waals surface area contributed by atoms with Crippen LogP contribution in [0.25, 0.3) is 22.3 Å². The number of morpholine rings is 1. The van der Waals surface area contributed by atoms with Crippen molar-refractivity contribution < 1.29 is 14.3 Å². The van der Waals surface area contributed by atoms with Crippen LogP contribution in [0.2, 0.25) is 0 Å². The Balaban J connectivity index is 1.02. The topological polar surface area (TPSA) is 144 Å². The highest BCUT2D eigenvalue weighted by atomic mass is 16.5. The monoisotopic (exact) mass is 596 g/mol. The van der Waals surface area contributed by atoms with E-state index in [4.69, 9.17) is 4.74 Å². The average molecular weight is 597 g/mol. The molecule has 2 aliphatic rings. The Morgan fingerprint density at radius 1 is 1.02 bits per heavy atom. The van der Waals surface area contributed by atoms with E-state index in [1.165, 1.54) is 0 Å². The summed E-state index contributed by atoms with van der Waals surface area (Å²) < 4.78 is 5.48. The molecule has 0 unspecified atom stereocenters. The van der Waals surface area contributed by atoms with Gasteiger partial charge in [0.05, 0.1) is 24.6 Å². The number of nitrogens with one attached hydrogen (secondary N) is 4. The quantitative estimate of drug-likeness (QED) is 0.215. The maximum atomic E-state index is 12.7. The first-order valence-corrected chi connectivity index (χ1v) is 14.6. The highest BCUT2D eigenvalue weighted by Crippen LogP contribution is 2.30. The zero-order chi connectivity index (χ0) is 30.5. The lowest BCUT2D eigenvalue weighted by Crippen LogP contribution is -2.59. The number of benzene rings is 1. The lowest BCUT2D eigenvalue weighted by Gasteiger charge is -2.41. The number of urea groups is 1. The fraction of sp³-hybridized carbons (Fsp3) is 0.323. The number of ether oxygens (including phenoxy) is 1. The molecule has 0 spiro atoms. The van der Waals surface area contributed by atoms with Crippen molar-refractivity contribution in [3.05, 3.63) is 67.1 Å². The largest absolute Gasteiger partial charge is 0.378 e. The van der Waals surface area contributed by atoms with Gasteiger partial charge in [-0.1, -0.05) is 18.2 Å². The van der Waals surface area contributed by atoms with Crippen LogP contribution in [0.15, 0.2) is 67.1 Å².